The van der Waals surface area contributed by atoms with Crippen LogP contribution in [0.25, 0.3) is 0 Å². The van der Waals surface area contributed by atoms with Gasteiger partial charge in [0.25, 0.3) is 0 Å². The molecule has 3 nitrogen and oxygen atoms in total. The van der Waals surface area contributed by atoms with Gasteiger partial charge < -0.3 is 5.73 Å². The Morgan fingerprint density at radius 1 is 1.44 bits per heavy atom. The van der Waals surface area contributed by atoms with Crippen LogP contribution >= 0.6 is 22.9 Å². The summed E-state index contributed by atoms with van der Waals surface area (Å²) in [5.41, 5.74) is 7.24. The molecule has 18 heavy (non-hydrogen) atoms. The second-order valence-corrected chi connectivity index (χ2v) is 7.04. The molecule has 96 valence electrons. The van der Waals surface area contributed by atoms with E-state index >= 15 is 0 Å². The largest absolute Gasteiger partial charge is 0.399 e. The third-order valence-corrected chi connectivity index (χ3v) is 5.59. The Labute approximate surface area is 117 Å². The van der Waals surface area contributed by atoms with Crippen LogP contribution in [0.4, 0.5) is 5.69 Å². The van der Waals surface area contributed by atoms with Crippen molar-refractivity contribution in [2.75, 3.05) is 5.73 Å². The molecular formula is C12H13ClN2OS2. The van der Waals surface area contributed by atoms with Crippen molar-refractivity contribution in [3.05, 3.63) is 38.8 Å². The van der Waals surface area contributed by atoms with Crippen LogP contribution in [0.5, 0.6) is 0 Å². The van der Waals surface area contributed by atoms with Crippen LogP contribution in [0, 0.1) is 13.8 Å². The van der Waals surface area contributed by atoms with Gasteiger partial charge in [0.15, 0.2) is 0 Å². The summed E-state index contributed by atoms with van der Waals surface area (Å²) in [6.07, 6.45) is 0. The second kappa shape index (κ2) is 5.38. The molecule has 2 N–H and O–H groups in total. The summed E-state index contributed by atoms with van der Waals surface area (Å²) in [5.74, 6) is 0.377. The molecule has 0 amide bonds. The van der Waals surface area contributed by atoms with E-state index in [4.69, 9.17) is 17.3 Å². The van der Waals surface area contributed by atoms with Gasteiger partial charge in [0, 0.05) is 10.6 Å². The molecule has 0 aliphatic carbocycles. The molecule has 0 spiro atoms. The number of hydrogen-bond acceptors (Lipinski definition) is 4. The molecule has 0 aliphatic rings. The predicted octanol–water partition coefficient (Wildman–Crippen LogP) is 3.30. The molecular weight excluding hydrogens is 288 g/mol. The number of nitrogens with two attached hydrogens (primary N) is 1. The number of rotatable bonds is 3. The SMILES string of the molecule is Cc1nc(CS(=O)c2cc(N)ccc2Cl)sc1C. The smallest absolute Gasteiger partial charge is 0.106 e. The first-order chi connectivity index (χ1) is 8.47. The van der Waals surface area contributed by atoms with Gasteiger partial charge in [-0.25, -0.2) is 4.98 Å². The van der Waals surface area contributed by atoms with E-state index in [9.17, 15) is 4.21 Å². The normalized spacial score (nSPS) is 12.6. The Morgan fingerprint density at radius 2 is 2.17 bits per heavy atom. The number of halogens is 1. The van der Waals surface area contributed by atoms with E-state index in [0.717, 1.165) is 15.6 Å². The fourth-order valence-electron chi connectivity index (χ4n) is 1.49. The highest BCUT2D eigenvalue weighted by Crippen LogP contribution is 2.26. The molecule has 1 unspecified atom stereocenters. The summed E-state index contributed by atoms with van der Waals surface area (Å²) in [6.45, 7) is 3.96. The molecule has 1 aromatic carbocycles. The van der Waals surface area contributed by atoms with E-state index < -0.39 is 10.8 Å². The molecule has 0 bridgehead atoms. The van der Waals surface area contributed by atoms with Crippen LogP contribution in [0.15, 0.2) is 23.1 Å². The van der Waals surface area contributed by atoms with Gasteiger partial charge >= 0.3 is 0 Å². The quantitative estimate of drug-likeness (QED) is 0.885. The monoisotopic (exact) mass is 300 g/mol. The summed E-state index contributed by atoms with van der Waals surface area (Å²) in [7, 11) is -1.22. The first kappa shape index (κ1) is 13.5. The van der Waals surface area contributed by atoms with Crippen LogP contribution < -0.4 is 5.73 Å². The number of aromatic nitrogens is 1. The van der Waals surface area contributed by atoms with Crippen molar-refractivity contribution in [3.63, 3.8) is 0 Å². The zero-order chi connectivity index (χ0) is 13.3. The molecule has 6 heteroatoms. The third-order valence-electron chi connectivity index (χ3n) is 2.53. The van der Waals surface area contributed by atoms with Crippen molar-refractivity contribution in [2.24, 2.45) is 0 Å². The zero-order valence-electron chi connectivity index (χ0n) is 10.1. The van der Waals surface area contributed by atoms with E-state index in [0.29, 0.717) is 21.4 Å². The van der Waals surface area contributed by atoms with Gasteiger partial charge in [-0.15, -0.1) is 11.3 Å². The van der Waals surface area contributed by atoms with E-state index in [1.165, 1.54) is 0 Å². The number of benzene rings is 1. The molecule has 0 radical (unpaired) electrons. The minimum atomic E-state index is -1.22. The molecule has 0 aliphatic heterocycles. The molecule has 2 aromatic rings. The average Bonchev–Trinajstić information content (AvgIpc) is 2.61. The number of nitrogens with zero attached hydrogens (tertiary/aromatic N) is 1. The molecule has 1 aromatic heterocycles. The van der Waals surface area contributed by atoms with Crippen molar-refractivity contribution in [1.82, 2.24) is 4.98 Å². The molecule has 1 atom stereocenters. The van der Waals surface area contributed by atoms with Gasteiger partial charge in [-0.1, -0.05) is 11.6 Å². The number of anilines is 1. The highest BCUT2D eigenvalue weighted by molar-refractivity contribution is 7.84. The first-order valence-corrected chi connectivity index (χ1v) is 7.85. The highest BCUT2D eigenvalue weighted by Gasteiger charge is 2.13. The van der Waals surface area contributed by atoms with Crippen LogP contribution in [0.3, 0.4) is 0 Å². The van der Waals surface area contributed by atoms with Crippen LogP contribution in [0.2, 0.25) is 5.02 Å². The van der Waals surface area contributed by atoms with Crippen molar-refractivity contribution < 1.29 is 4.21 Å². The standard InChI is InChI=1S/C12H13ClN2OS2/c1-7-8(2)17-12(15-7)6-18(16)11-5-9(14)3-4-10(11)13/h3-5H,6,14H2,1-2H3. The third kappa shape index (κ3) is 2.91. The van der Waals surface area contributed by atoms with Crippen LogP contribution in [-0.2, 0) is 16.6 Å². The Balaban J connectivity index is 2.24. The van der Waals surface area contributed by atoms with E-state index in [2.05, 4.69) is 4.98 Å². The molecule has 1 heterocycles. The van der Waals surface area contributed by atoms with Gasteiger partial charge in [-0.3, -0.25) is 4.21 Å². The highest BCUT2D eigenvalue weighted by atomic mass is 35.5. The first-order valence-electron chi connectivity index (χ1n) is 5.33. The predicted molar refractivity (Wildman–Crippen MR) is 77.6 cm³/mol. The fraction of sp³-hybridized carbons (Fsp3) is 0.250. The molecule has 0 saturated heterocycles. The Bertz CT molecular complexity index is 591. The fourth-order valence-corrected chi connectivity index (χ4v) is 4.14. The molecule has 2 rings (SSSR count). The number of aryl methyl sites for hydroxylation is 2. The van der Waals surface area contributed by atoms with E-state index in [1.807, 2.05) is 13.8 Å². The van der Waals surface area contributed by atoms with Crippen LogP contribution in [0.1, 0.15) is 15.6 Å². The lowest BCUT2D eigenvalue weighted by Crippen LogP contribution is -1.98. The van der Waals surface area contributed by atoms with E-state index in [1.54, 1.807) is 29.5 Å². The van der Waals surface area contributed by atoms with Crippen molar-refractivity contribution >= 4 is 39.4 Å². The van der Waals surface area contributed by atoms with E-state index in [-0.39, 0.29) is 0 Å². The summed E-state index contributed by atoms with van der Waals surface area (Å²) in [5, 5.41) is 1.34. The number of thiazole rings is 1. The number of nitrogen functional groups attached to an aromatic ring is 1. The number of hydrogen-bond donors (Lipinski definition) is 1. The van der Waals surface area contributed by atoms with Crippen molar-refractivity contribution in [1.29, 1.82) is 0 Å². The Kier molecular flexibility index (Phi) is 4.04. The molecule has 0 saturated carbocycles. The zero-order valence-corrected chi connectivity index (χ0v) is 12.5. The topological polar surface area (TPSA) is 56.0 Å². The van der Waals surface area contributed by atoms with Crippen molar-refractivity contribution in [3.8, 4) is 0 Å². The molecule has 0 fully saturated rings. The minimum absolute atomic E-state index is 0.377. The van der Waals surface area contributed by atoms with Crippen LogP contribution in [-0.4, -0.2) is 9.19 Å². The summed E-state index contributed by atoms with van der Waals surface area (Å²) in [4.78, 5) is 6.10. The lowest BCUT2D eigenvalue weighted by Gasteiger charge is -2.04. The lowest BCUT2D eigenvalue weighted by molar-refractivity contribution is 0.682. The summed E-state index contributed by atoms with van der Waals surface area (Å²) in [6, 6.07) is 5.02. The summed E-state index contributed by atoms with van der Waals surface area (Å²) < 4.78 is 12.2. The van der Waals surface area contributed by atoms with Gasteiger partial charge in [0.05, 0.1) is 32.2 Å². The average molecular weight is 301 g/mol. The minimum Gasteiger partial charge on any atom is -0.399 e. The lowest BCUT2D eigenvalue weighted by atomic mass is 10.3. The maximum atomic E-state index is 12.2. The van der Waals surface area contributed by atoms with Gasteiger partial charge in [-0.2, -0.15) is 0 Å². The van der Waals surface area contributed by atoms with Crippen molar-refractivity contribution in [2.45, 2.75) is 24.5 Å². The second-order valence-electron chi connectivity index (χ2n) is 3.93. The maximum absolute atomic E-state index is 12.2. The Morgan fingerprint density at radius 3 is 2.78 bits per heavy atom. The van der Waals surface area contributed by atoms with Gasteiger partial charge in [-0.05, 0) is 32.0 Å². The summed E-state index contributed by atoms with van der Waals surface area (Å²) >= 11 is 7.60. The Hall–Kier alpha value is -0.910. The maximum Gasteiger partial charge on any atom is 0.106 e. The van der Waals surface area contributed by atoms with Gasteiger partial charge in [0.2, 0.25) is 0 Å². The van der Waals surface area contributed by atoms with Gasteiger partial charge in [0.1, 0.15) is 5.01 Å².